The van der Waals surface area contributed by atoms with Crippen LogP contribution >= 0.6 is 0 Å². The van der Waals surface area contributed by atoms with E-state index in [2.05, 4.69) is 4.98 Å². The zero-order valence-corrected chi connectivity index (χ0v) is 11.2. The molecule has 2 aromatic carbocycles. The predicted octanol–water partition coefficient (Wildman–Crippen LogP) is 4.06. The second kappa shape index (κ2) is 5.02. The molecule has 0 radical (unpaired) electrons. The van der Waals surface area contributed by atoms with Crippen molar-refractivity contribution in [1.29, 1.82) is 0 Å². The second-order valence-corrected chi connectivity index (χ2v) is 4.92. The van der Waals surface area contributed by atoms with Crippen LogP contribution in [0.1, 0.15) is 18.5 Å². The van der Waals surface area contributed by atoms with E-state index in [0.29, 0.717) is 0 Å². The van der Waals surface area contributed by atoms with Gasteiger partial charge in [-0.15, -0.1) is 0 Å². The summed E-state index contributed by atoms with van der Waals surface area (Å²) in [5.74, 6) is -0.254. The van der Waals surface area contributed by atoms with Gasteiger partial charge in [-0.2, -0.15) is 0 Å². The molecular formula is C17H15FN2. The minimum Gasteiger partial charge on any atom is -0.324 e. The molecule has 3 aromatic rings. The third-order valence-corrected chi connectivity index (χ3v) is 3.48. The molecule has 1 unspecified atom stereocenters. The topological polar surface area (TPSA) is 38.9 Å². The maximum absolute atomic E-state index is 13.6. The van der Waals surface area contributed by atoms with E-state index in [0.717, 1.165) is 27.5 Å². The van der Waals surface area contributed by atoms with E-state index in [1.54, 1.807) is 18.3 Å². The molecular weight excluding hydrogens is 251 g/mol. The van der Waals surface area contributed by atoms with Gasteiger partial charge in [-0.3, -0.25) is 4.98 Å². The highest BCUT2D eigenvalue weighted by molar-refractivity contribution is 5.96. The van der Waals surface area contributed by atoms with Crippen molar-refractivity contribution in [3.8, 4) is 11.1 Å². The molecule has 2 nitrogen and oxygen atoms in total. The maximum Gasteiger partial charge on any atom is 0.123 e. The molecule has 0 aliphatic heterocycles. The van der Waals surface area contributed by atoms with E-state index in [9.17, 15) is 4.39 Å². The molecule has 0 aliphatic rings. The number of pyridine rings is 1. The Kier molecular flexibility index (Phi) is 3.20. The standard InChI is InChI=1S/C17H15FN2/c1-11(19)14-6-5-13(18)9-17(14)16-4-2-3-12-10-20-8-7-15(12)16/h2-11H,19H2,1H3. The average molecular weight is 266 g/mol. The van der Waals surface area contributed by atoms with Crippen LogP contribution < -0.4 is 5.73 Å². The average Bonchev–Trinajstić information content (AvgIpc) is 2.46. The van der Waals surface area contributed by atoms with Crippen LogP contribution in [0.15, 0.2) is 54.9 Å². The van der Waals surface area contributed by atoms with Crippen molar-refractivity contribution in [2.24, 2.45) is 5.73 Å². The van der Waals surface area contributed by atoms with Crippen molar-refractivity contribution in [2.75, 3.05) is 0 Å². The van der Waals surface area contributed by atoms with E-state index in [1.165, 1.54) is 6.07 Å². The minimum absolute atomic E-state index is 0.150. The van der Waals surface area contributed by atoms with Gasteiger partial charge in [-0.1, -0.05) is 24.3 Å². The third-order valence-electron chi connectivity index (χ3n) is 3.48. The highest BCUT2D eigenvalue weighted by Gasteiger charge is 2.12. The summed E-state index contributed by atoms with van der Waals surface area (Å²) in [4.78, 5) is 4.12. The Morgan fingerprint density at radius 3 is 2.75 bits per heavy atom. The van der Waals surface area contributed by atoms with Gasteiger partial charge < -0.3 is 5.73 Å². The smallest absolute Gasteiger partial charge is 0.123 e. The van der Waals surface area contributed by atoms with E-state index in [-0.39, 0.29) is 11.9 Å². The minimum atomic E-state index is -0.254. The van der Waals surface area contributed by atoms with Crippen LogP contribution in [0.2, 0.25) is 0 Å². The molecule has 0 saturated heterocycles. The van der Waals surface area contributed by atoms with Gasteiger partial charge in [0.25, 0.3) is 0 Å². The van der Waals surface area contributed by atoms with E-state index >= 15 is 0 Å². The molecule has 3 rings (SSSR count). The molecule has 3 heteroatoms. The number of hydrogen-bond acceptors (Lipinski definition) is 2. The summed E-state index contributed by atoms with van der Waals surface area (Å²) in [6.45, 7) is 1.91. The molecule has 100 valence electrons. The number of rotatable bonds is 2. The van der Waals surface area contributed by atoms with Gasteiger partial charge in [0.15, 0.2) is 0 Å². The fraction of sp³-hybridized carbons (Fsp3) is 0.118. The lowest BCUT2D eigenvalue weighted by atomic mass is 9.92. The Hall–Kier alpha value is -2.26. The van der Waals surface area contributed by atoms with Gasteiger partial charge in [-0.25, -0.2) is 4.39 Å². The first kappa shape index (κ1) is 12.8. The second-order valence-electron chi connectivity index (χ2n) is 4.92. The lowest BCUT2D eigenvalue weighted by Gasteiger charge is -2.15. The van der Waals surface area contributed by atoms with Crippen molar-refractivity contribution < 1.29 is 4.39 Å². The van der Waals surface area contributed by atoms with Crippen LogP contribution in [0.5, 0.6) is 0 Å². The molecule has 0 spiro atoms. The van der Waals surface area contributed by atoms with E-state index in [1.807, 2.05) is 37.4 Å². The molecule has 1 aromatic heterocycles. The van der Waals surface area contributed by atoms with Crippen LogP contribution in [-0.4, -0.2) is 4.98 Å². The highest BCUT2D eigenvalue weighted by atomic mass is 19.1. The highest BCUT2D eigenvalue weighted by Crippen LogP contribution is 2.33. The molecule has 2 N–H and O–H groups in total. The van der Waals surface area contributed by atoms with Crippen LogP contribution in [0.3, 0.4) is 0 Å². The molecule has 0 amide bonds. The van der Waals surface area contributed by atoms with Crippen molar-refractivity contribution in [1.82, 2.24) is 4.98 Å². The van der Waals surface area contributed by atoms with Crippen LogP contribution in [0.4, 0.5) is 4.39 Å². The van der Waals surface area contributed by atoms with Crippen LogP contribution in [0, 0.1) is 5.82 Å². The fourth-order valence-electron chi connectivity index (χ4n) is 2.52. The molecule has 20 heavy (non-hydrogen) atoms. The number of benzene rings is 2. The largest absolute Gasteiger partial charge is 0.324 e. The zero-order chi connectivity index (χ0) is 14.1. The summed E-state index contributed by atoms with van der Waals surface area (Å²) >= 11 is 0. The van der Waals surface area contributed by atoms with Crippen molar-refractivity contribution in [3.05, 3.63) is 66.2 Å². The first-order valence-corrected chi connectivity index (χ1v) is 6.55. The summed E-state index contributed by atoms with van der Waals surface area (Å²) in [5.41, 5.74) is 8.78. The number of aromatic nitrogens is 1. The summed E-state index contributed by atoms with van der Waals surface area (Å²) in [6.07, 6.45) is 3.56. The van der Waals surface area contributed by atoms with Crippen molar-refractivity contribution in [2.45, 2.75) is 13.0 Å². The fourth-order valence-corrected chi connectivity index (χ4v) is 2.52. The Bertz CT molecular complexity index is 761. The number of nitrogens with zero attached hydrogens (tertiary/aromatic N) is 1. The summed E-state index contributed by atoms with van der Waals surface area (Å²) < 4.78 is 13.6. The number of halogens is 1. The monoisotopic (exact) mass is 266 g/mol. The molecule has 1 atom stereocenters. The summed E-state index contributed by atoms with van der Waals surface area (Å²) in [5, 5.41) is 2.08. The molecule has 0 aliphatic carbocycles. The Morgan fingerprint density at radius 2 is 1.95 bits per heavy atom. The first-order chi connectivity index (χ1) is 9.66. The third kappa shape index (κ3) is 2.17. The van der Waals surface area contributed by atoms with E-state index in [4.69, 9.17) is 5.73 Å². The Morgan fingerprint density at radius 1 is 1.10 bits per heavy atom. The van der Waals surface area contributed by atoms with Crippen LogP contribution in [-0.2, 0) is 0 Å². The molecule has 0 bridgehead atoms. The van der Waals surface area contributed by atoms with Gasteiger partial charge in [0.2, 0.25) is 0 Å². The summed E-state index contributed by atoms with van der Waals surface area (Å²) in [7, 11) is 0. The number of fused-ring (bicyclic) bond motifs is 1. The Labute approximate surface area is 117 Å². The molecule has 1 heterocycles. The lowest BCUT2D eigenvalue weighted by molar-refractivity contribution is 0.626. The maximum atomic E-state index is 13.6. The van der Waals surface area contributed by atoms with Crippen molar-refractivity contribution >= 4 is 10.8 Å². The van der Waals surface area contributed by atoms with Gasteiger partial charge >= 0.3 is 0 Å². The SMILES string of the molecule is CC(N)c1ccc(F)cc1-c1cccc2cnccc12. The quantitative estimate of drug-likeness (QED) is 0.759. The van der Waals surface area contributed by atoms with Gasteiger partial charge in [-0.05, 0) is 47.2 Å². The predicted molar refractivity (Wildman–Crippen MR) is 79.7 cm³/mol. The van der Waals surface area contributed by atoms with E-state index < -0.39 is 0 Å². The first-order valence-electron chi connectivity index (χ1n) is 6.55. The van der Waals surface area contributed by atoms with Gasteiger partial charge in [0.05, 0.1) is 0 Å². The number of hydrogen-bond donors (Lipinski definition) is 1. The lowest BCUT2D eigenvalue weighted by Crippen LogP contribution is -2.07. The zero-order valence-electron chi connectivity index (χ0n) is 11.2. The molecule has 0 saturated carbocycles. The molecule has 0 fully saturated rings. The van der Waals surface area contributed by atoms with Crippen LogP contribution in [0.25, 0.3) is 21.9 Å². The van der Waals surface area contributed by atoms with Crippen molar-refractivity contribution in [3.63, 3.8) is 0 Å². The Balaban J connectivity index is 2.33. The van der Waals surface area contributed by atoms with Gasteiger partial charge in [0.1, 0.15) is 5.82 Å². The number of nitrogens with two attached hydrogens (primary N) is 1. The van der Waals surface area contributed by atoms with Gasteiger partial charge in [0, 0.05) is 23.8 Å². The summed E-state index contributed by atoms with van der Waals surface area (Å²) in [6, 6.07) is 12.5. The normalized spacial score (nSPS) is 12.6.